The molecule has 7 heteroatoms. The number of amides is 1. The van der Waals surface area contributed by atoms with E-state index in [2.05, 4.69) is 16.0 Å². The van der Waals surface area contributed by atoms with Crippen molar-refractivity contribution in [3.8, 4) is 0 Å². The standard InChI is InChI=1S/C29H41N5O2/c1-6-13-24-22(7-2)29(19-32(20-29)27(21(4)5)36-8-3)28(35)34(24)18-26-31-23-14-9-10-15-25(23)33(26)17-12-11-16-30/h6-7,13,16,30H,2,8-12,14-15,17-20H2,1,3-5H3/b13-6-,30-16?. The highest BCUT2D eigenvalue weighted by Crippen LogP contribution is 2.49. The second kappa shape index (κ2) is 10.9. The number of imidazole rings is 1. The first-order valence-corrected chi connectivity index (χ1v) is 13.3. The molecule has 0 atom stereocenters. The Labute approximate surface area is 215 Å². The number of carbonyl (C=O) groups is 1. The average molecular weight is 492 g/mol. The van der Waals surface area contributed by atoms with Crippen LogP contribution < -0.4 is 0 Å². The Hall–Kier alpha value is -3.09. The number of nitrogens with one attached hydrogen (secondary N) is 1. The molecule has 3 aliphatic rings. The van der Waals surface area contributed by atoms with Gasteiger partial charge in [-0.05, 0) is 89.7 Å². The minimum Gasteiger partial charge on any atom is -0.479 e. The Kier molecular flexibility index (Phi) is 7.86. The fourth-order valence-corrected chi connectivity index (χ4v) is 5.95. The van der Waals surface area contributed by atoms with Crippen molar-refractivity contribution in [3.05, 3.63) is 64.7 Å². The van der Waals surface area contributed by atoms with E-state index in [0.29, 0.717) is 26.2 Å². The van der Waals surface area contributed by atoms with E-state index in [9.17, 15) is 4.79 Å². The van der Waals surface area contributed by atoms with Crippen molar-refractivity contribution in [3.63, 3.8) is 0 Å². The molecular weight excluding hydrogens is 450 g/mol. The van der Waals surface area contributed by atoms with Crippen LogP contribution in [0.5, 0.6) is 0 Å². The summed E-state index contributed by atoms with van der Waals surface area (Å²) in [6.45, 7) is 15.3. The van der Waals surface area contributed by atoms with Gasteiger partial charge in [-0.1, -0.05) is 18.7 Å². The summed E-state index contributed by atoms with van der Waals surface area (Å²) >= 11 is 0. The van der Waals surface area contributed by atoms with E-state index in [-0.39, 0.29) is 5.91 Å². The lowest BCUT2D eigenvalue weighted by Gasteiger charge is -2.49. The van der Waals surface area contributed by atoms with Crippen molar-refractivity contribution in [2.75, 3.05) is 19.7 Å². The van der Waals surface area contributed by atoms with Gasteiger partial charge < -0.3 is 24.5 Å². The van der Waals surface area contributed by atoms with E-state index in [1.165, 1.54) is 30.4 Å². The predicted octanol–water partition coefficient (Wildman–Crippen LogP) is 5.14. The second-order valence-electron chi connectivity index (χ2n) is 10.2. The molecule has 194 valence electrons. The number of likely N-dealkylation sites (tertiary alicyclic amines) is 1. The van der Waals surface area contributed by atoms with Gasteiger partial charge in [0.15, 0.2) is 5.88 Å². The molecule has 0 radical (unpaired) electrons. The number of aromatic nitrogens is 2. The molecule has 1 fully saturated rings. The SMILES string of the molecule is C=CC1=C(/C=C\C)N(Cc2nc3c(n2CCCC=N)CCCC3)C(=O)C12CN(C(OCC)=C(C)C)C2. The predicted molar refractivity (Wildman–Crippen MR) is 143 cm³/mol. The van der Waals surface area contributed by atoms with Gasteiger partial charge in [0.1, 0.15) is 11.2 Å². The van der Waals surface area contributed by atoms with Gasteiger partial charge >= 0.3 is 0 Å². The van der Waals surface area contributed by atoms with Crippen LogP contribution in [0.4, 0.5) is 0 Å². The summed E-state index contributed by atoms with van der Waals surface area (Å²) in [6, 6.07) is 0. The van der Waals surface area contributed by atoms with E-state index in [1.54, 1.807) is 0 Å². The molecular formula is C29H41N5O2. The summed E-state index contributed by atoms with van der Waals surface area (Å²) in [7, 11) is 0. The molecule has 36 heavy (non-hydrogen) atoms. The van der Waals surface area contributed by atoms with Crippen molar-refractivity contribution in [2.45, 2.75) is 79.3 Å². The molecule has 1 N–H and O–H groups in total. The number of hydrogen-bond acceptors (Lipinski definition) is 5. The fraction of sp³-hybridized carbons (Fsp3) is 0.552. The van der Waals surface area contributed by atoms with Crippen LogP contribution in [0.2, 0.25) is 0 Å². The molecule has 2 aliphatic heterocycles. The van der Waals surface area contributed by atoms with Crippen LogP contribution in [0, 0.1) is 10.8 Å². The highest BCUT2D eigenvalue weighted by molar-refractivity contribution is 5.94. The maximum atomic E-state index is 14.1. The fourth-order valence-electron chi connectivity index (χ4n) is 5.95. The van der Waals surface area contributed by atoms with Gasteiger partial charge in [0.05, 0.1) is 18.8 Å². The maximum Gasteiger partial charge on any atom is 0.241 e. The normalized spacial score (nSPS) is 18.6. The van der Waals surface area contributed by atoms with Crippen LogP contribution >= 0.6 is 0 Å². The molecule has 1 amide bonds. The second-order valence-corrected chi connectivity index (χ2v) is 10.2. The monoisotopic (exact) mass is 491 g/mol. The van der Waals surface area contributed by atoms with Crippen molar-refractivity contribution in [2.24, 2.45) is 5.41 Å². The highest BCUT2D eigenvalue weighted by Gasteiger charge is 2.59. The summed E-state index contributed by atoms with van der Waals surface area (Å²) in [5.74, 6) is 1.95. The Bertz CT molecular complexity index is 1110. The number of allylic oxidation sites excluding steroid dienone is 4. The number of carbonyl (C=O) groups excluding carboxylic acids is 1. The van der Waals surface area contributed by atoms with Gasteiger partial charge in [-0.3, -0.25) is 4.79 Å². The first kappa shape index (κ1) is 26.0. The molecule has 1 spiro atoms. The van der Waals surface area contributed by atoms with Gasteiger partial charge in [0.25, 0.3) is 0 Å². The summed E-state index contributed by atoms with van der Waals surface area (Å²) in [5.41, 5.74) is 4.95. The van der Waals surface area contributed by atoms with E-state index in [4.69, 9.17) is 15.1 Å². The topological polar surface area (TPSA) is 74.5 Å². The number of unbranched alkanes of at least 4 members (excludes halogenated alkanes) is 1. The van der Waals surface area contributed by atoms with Crippen molar-refractivity contribution >= 4 is 12.1 Å². The third kappa shape index (κ3) is 4.44. The molecule has 0 unspecified atom stereocenters. The van der Waals surface area contributed by atoms with E-state index >= 15 is 0 Å². The van der Waals surface area contributed by atoms with Gasteiger partial charge in [-0.2, -0.15) is 0 Å². The molecule has 0 bridgehead atoms. The van der Waals surface area contributed by atoms with Crippen LogP contribution in [0.25, 0.3) is 0 Å². The number of aryl methyl sites for hydroxylation is 1. The summed E-state index contributed by atoms with van der Waals surface area (Å²) in [6.07, 6.45) is 13.4. The maximum absolute atomic E-state index is 14.1. The minimum absolute atomic E-state index is 0.123. The van der Waals surface area contributed by atoms with Crippen molar-refractivity contribution in [1.29, 1.82) is 5.41 Å². The highest BCUT2D eigenvalue weighted by atomic mass is 16.5. The lowest BCUT2D eigenvalue weighted by atomic mass is 9.73. The van der Waals surface area contributed by atoms with Crippen LogP contribution in [0.1, 0.15) is 70.6 Å². The van der Waals surface area contributed by atoms with Crippen LogP contribution in [0.3, 0.4) is 0 Å². The minimum atomic E-state index is -0.606. The molecule has 1 saturated heterocycles. The van der Waals surface area contributed by atoms with E-state index < -0.39 is 5.41 Å². The van der Waals surface area contributed by atoms with Gasteiger partial charge in [-0.25, -0.2) is 4.98 Å². The third-order valence-electron chi connectivity index (χ3n) is 7.52. The van der Waals surface area contributed by atoms with Gasteiger partial charge in [-0.15, -0.1) is 0 Å². The summed E-state index contributed by atoms with van der Waals surface area (Å²) in [4.78, 5) is 23.3. The van der Waals surface area contributed by atoms with Crippen LogP contribution in [-0.4, -0.2) is 51.2 Å². The summed E-state index contributed by atoms with van der Waals surface area (Å²) < 4.78 is 8.25. The number of fused-ring (bicyclic) bond motifs is 1. The lowest BCUT2D eigenvalue weighted by molar-refractivity contribution is -0.144. The number of ether oxygens (including phenoxy) is 1. The zero-order valence-corrected chi connectivity index (χ0v) is 22.4. The third-order valence-corrected chi connectivity index (χ3v) is 7.52. The molecule has 3 heterocycles. The average Bonchev–Trinajstić information content (AvgIpc) is 3.30. The zero-order chi connectivity index (χ0) is 25.9. The Morgan fingerprint density at radius 2 is 2.00 bits per heavy atom. The van der Waals surface area contributed by atoms with Gasteiger partial charge in [0, 0.05) is 31.0 Å². The summed E-state index contributed by atoms with van der Waals surface area (Å²) in [5, 5.41) is 7.43. The molecule has 4 rings (SSSR count). The first-order chi connectivity index (χ1) is 17.4. The largest absolute Gasteiger partial charge is 0.479 e. The van der Waals surface area contributed by atoms with Crippen molar-refractivity contribution in [1.82, 2.24) is 19.4 Å². The quantitative estimate of drug-likeness (QED) is 0.264. The van der Waals surface area contributed by atoms with E-state index in [1.807, 2.05) is 50.8 Å². The molecule has 1 aromatic heterocycles. The number of hydrogen-bond donors (Lipinski definition) is 1. The molecule has 0 aromatic carbocycles. The molecule has 7 nitrogen and oxygen atoms in total. The first-order valence-electron chi connectivity index (χ1n) is 13.3. The molecule has 1 aliphatic carbocycles. The van der Waals surface area contributed by atoms with Crippen LogP contribution in [-0.2, 0) is 35.5 Å². The van der Waals surface area contributed by atoms with E-state index in [0.717, 1.165) is 60.8 Å². The Morgan fingerprint density at radius 3 is 2.64 bits per heavy atom. The number of nitrogens with zero attached hydrogens (tertiary/aromatic N) is 4. The molecule has 1 aromatic rings. The van der Waals surface area contributed by atoms with Gasteiger partial charge in [0.2, 0.25) is 5.91 Å². The number of rotatable bonds is 11. The lowest BCUT2D eigenvalue weighted by Crippen LogP contribution is -2.61. The van der Waals surface area contributed by atoms with Crippen molar-refractivity contribution < 1.29 is 9.53 Å². The smallest absolute Gasteiger partial charge is 0.241 e. The zero-order valence-electron chi connectivity index (χ0n) is 22.4. The molecule has 0 saturated carbocycles. The Balaban J connectivity index is 1.67. The Morgan fingerprint density at radius 1 is 1.25 bits per heavy atom. The van der Waals surface area contributed by atoms with Crippen LogP contribution in [0.15, 0.2) is 47.5 Å².